The number of anilines is 2. The molecule has 4 rings (SSSR count). The molecule has 0 saturated carbocycles. The third kappa shape index (κ3) is 4.19. The largest absolute Gasteiger partial charge is 0.362 e. The average molecular weight is 409 g/mol. The normalized spacial score (nSPS) is 13.9. The third-order valence-electron chi connectivity index (χ3n) is 4.76. The number of nitrogens with one attached hydrogen (secondary N) is 1. The van der Waals surface area contributed by atoms with E-state index in [1.165, 1.54) is 17.4 Å². The molecule has 0 atom stereocenters. The Hall–Kier alpha value is -3.46. The van der Waals surface area contributed by atoms with Crippen LogP contribution in [0, 0.1) is 10.1 Å². The zero-order valence-electron chi connectivity index (χ0n) is 15.5. The van der Waals surface area contributed by atoms with Crippen molar-refractivity contribution in [3.63, 3.8) is 0 Å². The van der Waals surface area contributed by atoms with Crippen molar-refractivity contribution in [2.45, 2.75) is 0 Å². The van der Waals surface area contributed by atoms with Crippen LogP contribution in [0.5, 0.6) is 0 Å². The summed E-state index contributed by atoms with van der Waals surface area (Å²) in [4.78, 5) is 32.4. The van der Waals surface area contributed by atoms with Crippen molar-refractivity contribution in [1.29, 1.82) is 0 Å². The molecule has 2 amide bonds. The molecule has 1 fully saturated rings. The highest BCUT2D eigenvalue weighted by Crippen LogP contribution is 2.30. The minimum Gasteiger partial charge on any atom is -0.362 e. The van der Waals surface area contributed by atoms with Crippen LogP contribution in [0.2, 0.25) is 0 Å². The van der Waals surface area contributed by atoms with Crippen LogP contribution in [-0.4, -0.2) is 47.0 Å². The van der Waals surface area contributed by atoms with E-state index in [-0.39, 0.29) is 16.6 Å². The molecule has 1 aromatic heterocycles. The predicted molar refractivity (Wildman–Crippen MR) is 113 cm³/mol. The van der Waals surface area contributed by atoms with Crippen molar-refractivity contribution < 1.29 is 9.72 Å². The van der Waals surface area contributed by atoms with Gasteiger partial charge in [-0.15, -0.1) is 0 Å². The summed E-state index contributed by atoms with van der Waals surface area (Å²) in [5.74, 6) is 0. The van der Waals surface area contributed by atoms with E-state index in [0.717, 1.165) is 10.4 Å². The topological polar surface area (TPSA) is 91.6 Å². The van der Waals surface area contributed by atoms with Gasteiger partial charge in [-0.25, -0.2) is 9.78 Å². The molecule has 1 aliphatic rings. The summed E-state index contributed by atoms with van der Waals surface area (Å²) in [6.07, 6.45) is 1.75. The molecular formula is C20H19N5O3S. The first-order valence-corrected chi connectivity index (χ1v) is 9.99. The van der Waals surface area contributed by atoms with Crippen LogP contribution >= 0.6 is 11.3 Å². The number of urea groups is 1. The molecule has 8 nitrogen and oxygen atoms in total. The molecule has 1 aliphatic heterocycles. The first-order valence-electron chi connectivity index (χ1n) is 9.17. The van der Waals surface area contributed by atoms with Crippen LogP contribution in [0.1, 0.15) is 0 Å². The van der Waals surface area contributed by atoms with Gasteiger partial charge in [0, 0.05) is 38.4 Å². The zero-order valence-corrected chi connectivity index (χ0v) is 16.3. The zero-order chi connectivity index (χ0) is 20.2. The molecule has 2 heterocycles. The van der Waals surface area contributed by atoms with Crippen molar-refractivity contribution in [2.75, 3.05) is 36.4 Å². The average Bonchev–Trinajstić information content (AvgIpc) is 3.23. The minimum atomic E-state index is -0.374. The summed E-state index contributed by atoms with van der Waals surface area (Å²) in [6, 6.07) is 16.4. The van der Waals surface area contributed by atoms with E-state index in [9.17, 15) is 14.9 Å². The molecule has 1 N–H and O–H groups in total. The lowest BCUT2D eigenvalue weighted by Gasteiger charge is -2.35. The second-order valence-corrected chi connectivity index (χ2v) is 7.58. The Morgan fingerprint density at radius 2 is 1.72 bits per heavy atom. The fourth-order valence-corrected chi connectivity index (χ4v) is 4.09. The van der Waals surface area contributed by atoms with Crippen LogP contribution in [0.3, 0.4) is 0 Å². The number of rotatable bonds is 4. The molecule has 9 heteroatoms. The summed E-state index contributed by atoms with van der Waals surface area (Å²) in [5.41, 5.74) is 1.73. The first kappa shape index (κ1) is 18.9. The van der Waals surface area contributed by atoms with Gasteiger partial charge in [0.05, 0.1) is 9.80 Å². The van der Waals surface area contributed by atoms with Gasteiger partial charge in [-0.1, -0.05) is 53.8 Å². The van der Waals surface area contributed by atoms with Crippen LogP contribution in [0.15, 0.2) is 60.8 Å². The van der Waals surface area contributed by atoms with Gasteiger partial charge >= 0.3 is 6.03 Å². The Balaban J connectivity index is 1.36. The Labute approximate surface area is 171 Å². The minimum absolute atomic E-state index is 0.0848. The Morgan fingerprint density at radius 3 is 2.45 bits per heavy atom. The number of nitrogens with zero attached hydrogens (tertiary/aromatic N) is 4. The van der Waals surface area contributed by atoms with Crippen molar-refractivity contribution >= 4 is 33.9 Å². The quantitative estimate of drug-likeness (QED) is 0.518. The number of hydrogen-bond acceptors (Lipinski definition) is 6. The lowest BCUT2D eigenvalue weighted by atomic mass is 10.2. The summed E-state index contributed by atoms with van der Waals surface area (Å²) in [7, 11) is 0. The number of piperazine rings is 1. The van der Waals surface area contributed by atoms with E-state index in [1.807, 2.05) is 35.2 Å². The van der Waals surface area contributed by atoms with Crippen LogP contribution in [0.25, 0.3) is 10.4 Å². The van der Waals surface area contributed by atoms with Gasteiger partial charge in [-0.3, -0.25) is 15.4 Å². The van der Waals surface area contributed by atoms with E-state index in [2.05, 4.69) is 10.3 Å². The van der Waals surface area contributed by atoms with E-state index >= 15 is 0 Å². The number of hydrogen-bond donors (Lipinski definition) is 1. The second kappa shape index (κ2) is 8.27. The van der Waals surface area contributed by atoms with E-state index in [4.69, 9.17) is 0 Å². The predicted octanol–water partition coefficient (Wildman–Crippen LogP) is 4.07. The maximum atomic E-state index is 12.6. The molecule has 2 aromatic carbocycles. The van der Waals surface area contributed by atoms with Crippen molar-refractivity contribution in [3.05, 3.63) is 70.9 Å². The SMILES string of the molecule is O=C(Nc1ncc(-c2ccccc2)s1)N1CCN(c2ccccc2[N+](=O)[O-])CC1. The maximum Gasteiger partial charge on any atom is 0.323 e. The number of benzene rings is 2. The number of nitro benzene ring substituents is 1. The number of para-hydroxylation sites is 2. The van der Waals surface area contributed by atoms with Gasteiger partial charge in [0.2, 0.25) is 0 Å². The molecule has 3 aromatic rings. The Kier molecular flexibility index (Phi) is 5.39. The number of amides is 2. The molecule has 0 radical (unpaired) electrons. The van der Waals surface area contributed by atoms with Crippen LogP contribution < -0.4 is 10.2 Å². The van der Waals surface area contributed by atoms with Crippen LogP contribution in [-0.2, 0) is 0 Å². The molecule has 148 valence electrons. The summed E-state index contributed by atoms with van der Waals surface area (Å²) in [5, 5.41) is 14.6. The number of carbonyl (C=O) groups is 1. The van der Waals surface area contributed by atoms with Gasteiger partial charge in [0.15, 0.2) is 5.13 Å². The van der Waals surface area contributed by atoms with Gasteiger partial charge in [0.1, 0.15) is 5.69 Å². The Bertz CT molecular complexity index is 1020. The highest BCUT2D eigenvalue weighted by atomic mass is 32.1. The lowest BCUT2D eigenvalue weighted by Crippen LogP contribution is -2.50. The molecule has 0 aliphatic carbocycles. The van der Waals surface area contributed by atoms with Gasteiger partial charge in [0.25, 0.3) is 5.69 Å². The lowest BCUT2D eigenvalue weighted by molar-refractivity contribution is -0.384. The van der Waals surface area contributed by atoms with Crippen molar-refractivity contribution in [1.82, 2.24) is 9.88 Å². The molecule has 0 unspecified atom stereocenters. The van der Waals surface area contributed by atoms with E-state index in [0.29, 0.717) is 37.0 Å². The summed E-state index contributed by atoms with van der Waals surface area (Å²) in [6.45, 7) is 2.03. The van der Waals surface area contributed by atoms with Crippen LogP contribution in [0.4, 0.5) is 21.3 Å². The maximum absolute atomic E-state index is 12.6. The van der Waals surface area contributed by atoms with Crippen molar-refractivity contribution in [3.8, 4) is 10.4 Å². The fourth-order valence-electron chi connectivity index (χ4n) is 3.27. The van der Waals surface area contributed by atoms with Gasteiger partial charge in [-0.05, 0) is 11.6 Å². The summed E-state index contributed by atoms with van der Waals surface area (Å²) >= 11 is 1.43. The monoisotopic (exact) mass is 409 g/mol. The number of carbonyl (C=O) groups excluding carboxylic acids is 1. The third-order valence-corrected chi connectivity index (χ3v) is 5.73. The van der Waals surface area contributed by atoms with Gasteiger partial charge in [-0.2, -0.15) is 0 Å². The highest BCUT2D eigenvalue weighted by molar-refractivity contribution is 7.19. The van der Waals surface area contributed by atoms with E-state index in [1.54, 1.807) is 29.3 Å². The molecule has 0 bridgehead atoms. The number of thiazole rings is 1. The van der Waals surface area contributed by atoms with Gasteiger partial charge < -0.3 is 9.80 Å². The number of aromatic nitrogens is 1. The van der Waals surface area contributed by atoms with E-state index < -0.39 is 0 Å². The molecule has 1 saturated heterocycles. The fraction of sp³-hybridized carbons (Fsp3) is 0.200. The molecular weight excluding hydrogens is 390 g/mol. The standard InChI is InChI=1S/C20H19N5O3S/c26-20(22-19-21-14-18(29-19)15-6-2-1-3-7-15)24-12-10-23(11-13-24)16-8-4-5-9-17(16)25(27)28/h1-9,14H,10-13H2,(H,21,22,26). The first-order chi connectivity index (χ1) is 14.1. The number of nitro groups is 1. The molecule has 29 heavy (non-hydrogen) atoms. The molecule has 0 spiro atoms. The summed E-state index contributed by atoms with van der Waals surface area (Å²) < 4.78 is 0. The van der Waals surface area contributed by atoms with Crippen molar-refractivity contribution in [2.24, 2.45) is 0 Å². The highest BCUT2D eigenvalue weighted by Gasteiger charge is 2.25. The Morgan fingerprint density at radius 1 is 1.03 bits per heavy atom. The smallest absolute Gasteiger partial charge is 0.323 e. The second-order valence-electron chi connectivity index (χ2n) is 6.55.